The molecule has 0 atom stereocenters. The first-order chi connectivity index (χ1) is 9.24. The van der Waals surface area contributed by atoms with Gasteiger partial charge in [0.1, 0.15) is 0 Å². The maximum absolute atomic E-state index is 11.9. The molecule has 0 aliphatic rings. The van der Waals surface area contributed by atoms with E-state index in [0.717, 1.165) is 0 Å². The van der Waals surface area contributed by atoms with Gasteiger partial charge in [-0.05, 0) is 18.2 Å². The van der Waals surface area contributed by atoms with E-state index < -0.39 is 16.0 Å². The molecule has 8 heteroatoms. The number of rotatable bonds is 6. The first-order valence-electron chi connectivity index (χ1n) is 5.77. The van der Waals surface area contributed by atoms with Crippen LogP contribution >= 0.6 is 0 Å². The van der Waals surface area contributed by atoms with Crippen LogP contribution in [0.1, 0.15) is 16.8 Å². The standard InChI is InChI=1S/C12H16N2O5S/c1-14(2)12(17)9-4-3-5-10(8-9)20(18,19)13-7-6-11(15)16/h3-5,8,13H,6-7H2,1-2H3,(H,15,16). The topological polar surface area (TPSA) is 104 Å². The average Bonchev–Trinajstić information content (AvgIpc) is 2.37. The second-order valence-corrected chi connectivity index (χ2v) is 6.04. The zero-order valence-electron chi connectivity index (χ0n) is 11.2. The minimum atomic E-state index is -3.82. The fourth-order valence-electron chi connectivity index (χ4n) is 1.43. The molecule has 1 aromatic carbocycles. The number of nitrogens with one attached hydrogen (secondary N) is 1. The molecule has 0 aromatic heterocycles. The molecule has 0 unspecified atom stereocenters. The van der Waals surface area contributed by atoms with Crippen molar-refractivity contribution < 1.29 is 23.1 Å². The minimum Gasteiger partial charge on any atom is -0.481 e. The molecule has 0 fully saturated rings. The smallest absolute Gasteiger partial charge is 0.304 e. The molecule has 20 heavy (non-hydrogen) atoms. The lowest BCUT2D eigenvalue weighted by molar-refractivity contribution is -0.136. The molecule has 1 aromatic rings. The van der Waals surface area contributed by atoms with Gasteiger partial charge in [-0.3, -0.25) is 9.59 Å². The van der Waals surface area contributed by atoms with Crippen molar-refractivity contribution in [3.63, 3.8) is 0 Å². The third-order valence-electron chi connectivity index (χ3n) is 2.43. The molecule has 0 spiro atoms. The summed E-state index contributed by atoms with van der Waals surface area (Å²) in [4.78, 5) is 23.4. The molecule has 0 aliphatic heterocycles. The van der Waals surface area contributed by atoms with Gasteiger partial charge < -0.3 is 10.0 Å². The van der Waals surface area contributed by atoms with E-state index in [1.165, 1.54) is 29.2 Å². The van der Waals surface area contributed by atoms with Crippen molar-refractivity contribution in [3.8, 4) is 0 Å². The fraction of sp³-hybridized carbons (Fsp3) is 0.333. The Morgan fingerprint density at radius 1 is 1.30 bits per heavy atom. The number of carbonyl (C=O) groups excluding carboxylic acids is 1. The summed E-state index contributed by atoms with van der Waals surface area (Å²) in [7, 11) is -0.694. The number of carboxylic acid groups (broad SMARTS) is 1. The highest BCUT2D eigenvalue weighted by molar-refractivity contribution is 7.89. The molecular weight excluding hydrogens is 284 g/mol. The lowest BCUT2D eigenvalue weighted by Gasteiger charge is -2.11. The van der Waals surface area contributed by atoms with Crippen LogP contribution in [-0.2, 0) is 14.8 Å². The van der Waals surface area contributed by atoms with E-state index in [1.54, 1.807) is 14.1 Å². The van der Waals surface area contributed by atoms with Crippen molar-refractivity contribution in [2.24, 2.45) is 0 Å². The summed E-state index contributed by atoms with van der Waals surface area (Å²) in [6.45, 7) is -0.205. The van der Waals surface area contributed by atoms with Gasteiger partial charge in [0.2, 0.25) is 10.0 Å². The quantitative estimate of drug-likeness (QED) is 0.778. The lowest BCUT2D eigenvalue weighted by atomic mass is 10.2. The summed E-state index contributed by atoms with van der Waals surface area (Å²) in [5.41, 5.74) is 0.246. The van der Waals surface area contributed by atoms with Gasteiger partial charge in [-0.1, -0.05) is 6.07 Å². The molecule has 0 bridgehead atoms. The molecular formula is C12H16N2O5S. The van der Waals surface area contributed by atoms with Gasteiger partial charge in [-0.2, -0.15) is 0 Å². The highest BCUT2D eigenvalue weighted by Gasteiger charge is 2.16. The van der Waals surface area contributed by atoms with E-state index in [2.05, 4.69) is 4.72 Å². The van der Waals surface area contributed by atoms with Crippen LogP contribution in [0.15, 0.2) is 29.2 Å². The Morgan fingerprint density at radius 2 is 1.95 bits per heavy atom. The number of nitrogens with zero attached hydrogens (tertiary/aromatic N) is 1. The third-order valence-corrected chi connectivity index (χ3v) is 3.89. The molecule has 0 radical (unpaired) electrons. The van der Waals surface area contributed by atoms with Gasteiger partial charge in [-0.25, -0.2) is 13.1 Å². The zero-order valence-corrected chi connectivity index (χ0v) is 12.0. The molecule has 0 aliphatic carbocycles. The summed E-state index contributed by atoms with van der Waals surface area (Å²) >= 11 is 0. The number of aliphatic carboxylic acids is 1. The molecule has 7 nitrogen and oxygen atoms in total. The highest BCUT2D eigenvalue weighted by Crippen LogP contribution is 2.12. The van der Waals surface area contributed by atoms with Crippen molar-refractivity contribution in [3.05, 3.63) is 29.8 Å². The van der Waals surface area contributed by atoms with E-state index >= 15 is 0 Å². The Hall–Kier alpha value is -1.93. The lowest BCUT2D eigenvalue weighted by Crippen LogP contribution is -2.27. The summed E-state index contributed by atoms with van der Waals surface area (Å²) in [6.07, 6.45) is -0.310. The van der Waals surface area contributed by atoms with Crippen molar-refractivity contribution >= 4 is 21.9 Å². The largest absolute Gasteiger partial charge is 0.481 e. The van der Waals surface area contributed by atoms with E-state index in [-0.39, 0.29) is 29.3 Å². The van der Waals surface area contributed by atoms with Crippen LogP contribution in [0.3, 0.4) is 0 Å². The van der Waals surface area contributed by atoms with Crippen molar-refractivity contribution in [2.75, 3.05) is 20.6 Å². The van der Waals surface area contributed by atoms with Crippen LogP contribution in [0.25, 0.3) is 0 Å². The monoisotopic (exact) mass is 300 g/mol. The van der Waals surface area contributed by atoms with Gasteiger partial charge >= 0.3 is 5.97 Å². The number of sulfonamides is 1. The van der Waals surface area contributed by atoms with Crippen molar-refractivity contribution in [2.45, 2.75) is 11.3 Å². The predicted molar refractivity (Wildman–Crippen MR) is 71.9 cm³/mol. The first kappa shape index (κ1) is 16.1. The van der Waals surface area contributed by atoms with Crippen molar-refractivity contribution in [1.82, 2.24) is 9.62 Å². The zero-order chi connectivity index (χ0) is 15.3. The fourth-order valence-corrected chi connectivity index (χ4v) is 2.51. The Labute approximate surface area is 117 Å². The summed E-state index contributed by atoms with van der Waals surface area (Å²) < 4.78 is 26.0. The third kappa shape index (κ3) is 4.32. The Balaban J connectivity index is 2.93. The first-order valence-corrected chi connectivity index (χ1v) is 7.25. The van der Waals surface area contributed by atoms with Crippen LogP contribution in [0.2, 0.25) is 0 Å². The van der Waals surface area contributed by atoms with Crippen LogP contribution in [0.5, 0.6) is 0 Å². The SMILES string of the molecule is CN(C)C(=O)c1cccc(S(=O)(=O)NCCC(=O)O)c1. The van der Waals surface area contributed by atoms with Crippen molar-refractivity contribution in [1.29, 1.82) is 0 Å². The van der Waals surface area contributed by atoms with Crippen LogP contribution in [0.4, 0.5) is 0 Å². The van der Waals surface area contributed by atoms with Crippen LogP contribution in [-0.4, -0.2) is 50.9 Å². The Bertz CT molecular complexity index is 610. The number of hydrogen-bond donors (Lipinski definition) is 2. The van der Waals surface area contributed by atoms with Gasteiger partial charge in [0.15, 0.2) is 0 Å². The van der Waals surface area contributed by atoms with E-state index in [1.807, 2.05) is 0 Å². The Morgan fingerprint density at radius 3 is 2.50 bits per heavy atom. The number of amides is 1. The molecule has 2 N–H and O–H groups in total. The van der Waals surface area contributed by atoms with Gasteiger partial charge in [0.25, 0.3) is 5.91 Å². The maximum atomic E-state index is 11.9. The second-order valence-electron chi connectivity index (χ2n) is 4.27. The number of carboxylic acids is 1. The number of benzene rings is 1. The summed E-state index contributed by atoms with van der Waals surface area (Å²) in [5, 5.41) is 8.47. The van der Waals surface area contributed by atoms with E-state index in [0.29, 0.717) is 0 Å². The van der Waals surface area contributed by atoms with Crippen LogP contribution in [0, 0.1) is 0 Å². The van der Waals surface area contributed by atoms with Gasteiger partial charge in [-0.15, -0.1) is 0 Å². The second kappa shape index (κ2) is 6.49. The normalized spacial score (nSPS) is 11.1. The molecule has 110 valence electrons. The summed E-state index contributed by atoms with van der Waals surface area (Å²) in [6, 6.07) is 5.57. The number of hydrogen-bond acceptors (Lipinski definition) is 4. The highest BCUT2D eigenvalue weighted by atomic mass is 32.2. The van der Waals surface area contributed by atoms with E-state index in [4.69, 9.17) is 5.11 Å². The molecule has 1 amide bonds. The summed E-state index contributed by atoms with van der Waals surface area (Å²) in [5.74, 6) is -1.41. The predicted octanol–water partition coefficient (Wildman–Crippen LogP) is 0.141. The van der Waals surface area contributed by atoms with Gasteiger partial charge in [0.05, 0.1) is 11.3 Å². The van der Waals surface area contributed by atoms with E-state index in [9.17, 15) is 18.0 Å². The Kier molecular flexibility index (Phi) is 5.23. The van der Waals surface area contributed by atoms with Crippen LogP contribution < -0.4 is 4.72 Å². The molecule has 1 rings (SSSR count). The maximum Gasteiger partial charge on any atom is 0.304 e. The minimum absolute atomic E-state index is 0.0735. The average molecular weight is 300 g/mol. The molecule has 0 heterocycles. The van der Waals surface area contributed by atoms with Gasteiger partial charge in [0, 0.05) is 26.2 Å². The molecule has 0 saturated carbocycles. The molecule has 0 saturated heterocycles. The number of carbonyl (C=O) groups is 2.